The van der Waals surface area contributed by atoms with Crippen LogP contribution < -0.4 is 4.74 Å². The molecule has 0 unspecified atom stereocenters. The highest BCUT2D eigenvalue weighted by atomic mass is 19.2. The molecule has 0 aliphatic carbocycles. The van der Waals surface area contributed by atoms with Crippen LogP contribution in [-0.2, 0) is 27.3 Å². The standard InChI is InChI=1S/C22H20F3NO5/c1-12(2)31-22(28)26-9-8-13-10-14(4-5-15(13)20(26)21(27)29-3)30-11-16-17(23)6-7-18(24)19(16)25/h4-7,10,20H,1,8-9,11H2,2-3H3/t20-/m1/s1. The van der Waals surface area contributed by atoms with Crippen LogP contribution >= 0.6 is 0 Å². The van der Waals surface area contributed by atoms with Crippen LogP contribution in [0.5, 0.6) is 5.75 Å². The van der Waals surface area contributed by atoms with E-state index in [0.717, 1.165) is 6.07 Å². The molecular formula is C22H20F3NO5. The molecule has 9 heteroatoms. The zero-order chi connectivity index (χ0) is 22.7. The van der Waals surface area contributed by atoms with Gasteiger partial charge in [-0.25, -0.2) is 22.8 Å². The van der Waals surface area contributed by atoms with Crippen LogP contribution in [-0.4, -0.2) is 30.6 Å². The van der Waals surface area contributed by atoms with Gasteiger partial charge in [-0.3, -0.25) is 4.90 Å². The Morgan fingerprint density at radius 1 is 1.16 bits per heavy atom. The van der Waals surface area contributed by atoms with E-state index in [1.54, 1.807) is 12.1 Å². The SMILES string of the molecule is C=C(C)OC(=O)N1CCc2cc(OCc3c(F)ccc(F)c3F)ccc2[C@@H]1C(=O)OC. The molecule has 1 aliphatic heterocycles. The van der Waals surface area contributed by atoms with Gasteiger partial charge in [-0.15, -0.1) is 0 Å². The molecule has 31 heavy (non-hydrogen) atoms. The maximum atomic E-state index is 13.8. The number of benzene rings is 2. The molecule has 0 fully saturated rings. The number of hydrogen-bond donors (Lipinski definition) is 0. The summed E-state index contributed by atoms with van der Waals surface area (Å²) in [6, 6.07) is 5.13. The number of rotatable bonds is 5. The van der Waals surface area contributed by atoms with Crippen LogP contribution in [0.3, 0.4) is 0 Å². The molecule has 0 N–H and O–H groups in total. The molecular weight excluding hydrogens is 415 g/mol. The van der Waals surface area contributed by atoms with Crippen molar-refractivity contribution in [1.82, 2.24) is 4.90 Å². The van der Waals surface area contributed by atoms with E-state index < -0.39 is 47.7 Å². The number of halogens is 3. The highest BCUT2D eigenvalue weighted by Gasteiger charge is 2.38. The highest BCUT2D eigenvalue weighted by Crippen LogP contribution is 2.34. The monoisotopic (exact) mass is 435 g/mol. The molecule has 2 aromatic carbocycles. The molecule has 0 spiro atoms. The zero-order valence-electron chi connectivity index (χ0n) is 16.9. The molecule has 2 aromatic rings. The lowest BCUT2D eigenvalue weighted by molar-refractivity contribution is -0.147. The third kappa shape index (κ3) is 4.65. The van der Waals surface area contributed by atoms with E-state index in [1.165, 1.54) is 25.0 Å². The van der Waals surface area contributed by atoms with Crippen molar-refractivity contribution in [3.8, 4) is 5.75 Å². The van der Waals surface area contributed by atoms with Crippen molar-refractivity contribution in [2.75, 3.05) is 13.7 Å². The minimum atomic E-state index is -1.31. The second-order valence-electron chi connectivity index (χ2n) is 6.91. The fourth-order valence-electron chi connectivity index (χ4n) is 3.32. The Morgan fingerprint density at radius 3 is 2.55 bits per heavy atom. The van der Waals surface area contributed by atoms with Crippen LogP contribution in [0.15, 0.2) is 42.7 Å². The Bertz CT molecular complexity index is 1040. The van der Waals surface area contributed by atoms with Crippen LogP contribution in [0.25, 0.3) is 0 Å². The summed E-state index contributed by atoms with van der Waals surface area (Å²) in [5.41, 5.74) is 0.665. The Hall–Kier alpha value is -3.49. The molecule has 1 amide bonds. The smallest absolute Gasteiger partial charge is 0.415 e. The summed E-state index contributed by atoms with van der Waals surface area (Å²) in [4.78, 5) is 26.0. The summed E-state index contributed by atoms with van der Waals surface area (Å²) in [5, 5.41) is 0. The first-order valence-electron chi connectivity index (χ1n) is 9.32. The predicted octanol–water partition coefficient (Wildman–Crippen LogP) is 4.43. The van der Waals surface area contributed by atoms with E-state index in [-0.39, 0.29) is 18.1 Å². The van der Waals surface area contributed by atoms with Crippen molar-refractivity contribution in [3.05, 3.63) is 76.8 Å². The van der Waals surface area contributed by atoms with E-state index in [1.807, 2.05) is 0 Å². The second kappa shape index (κ2) is 9.11. The van der Waals surface area contributed by atoms with Crippen molar-refractivity contribution in [1.29, 1.82) is 0 Å². The summed E-state index contributed by atoms with van der Waals surface area (Å²) in [7, 11) is 1.21. The fraction of sp³-hybridized carbons (Fsp3) is 0.273. The summed E-state index contributed by atoms with van der Waals surface area (Å²) in [6.07, 6.45) is -0.362. The van der Waals surface area contributed by atoms with Gasteiger partial charge in [-0.05, 0) is 48.7 Å². The predicted molar refractivity (Wildman–Crippen MR) is 104 cm³/mol. The van der Waals surface area contributed by atoms with Gasteiger partial charge in [0, 0.05) is 6.54 Å². The maximum Gasteiger partial charge on any atom is 0.415 e. The van der Waals surface area contributed by atoms with Crippen LogP contribution in [0.4, 0.5) is 18.0 Å². The Balaban J connectivity index is 1.85. The van der Waals surface area contributed by atoms with Gasteiger partial charge >= 0.3 is 12.1 Å². The third-order valence-corrected chi connectivity index (χ3v) is 4.79. The molecule has 1 atom stereocenters. The van der Waals surface area contributed by atoms with Gasteiger partial charge in [0.1, 0.15) is 18.2 Å². The quantitative estimate of drug-likeness (QED) is 0.395. The summed E-state index contributed by atoms with van der Waals surface area (Å²) in [6.45, 7) is 4.67. The number of carbonyl (C=O) groups excluding carboxylic acids is 2. The van der Waals surface area contributed by atoms with E-state index in [2.05, 4.69) is 6.58 Å². The average molecular weight is 435 g/mol. The Morgan fingerprint density at radius 2 is 1.87 bits per heavy atom. The molecule has 0 bridgehead atoms. The molecule has 0 aromatic heterocycles. The highest BCUT2D eigenvalue weighted by molar-refractivity contribution is 5.84. The number of ether oxygens (including phenoxy) is 3. The van der Waals surface area contributed by atoms with Crippen LogP contribution in [0.2, 0.25) is 0 Å². The lowest BCUT2D eigenvalue weighted by atomic mass is 9.92. The molecule has 6 nitrogen and oxygen atoms in total. The minimum Gasteiger partial charge on any atom is -0.489 e. The summed E-state index contributed by atoms with van der Waals surface area (Å²) < 4.78 is 56.3. The Kier molecular flexibility index (Phi) is 6.53. The first-order valence-corrected chi connectivity index (χ1v) is 9.32. The van der Waals surface area contributed by atoms with Crippen molar-refractivity contribution in [3.63, 3.8) is 0 Å². The van der Waals surface area contributed by atoms with Gasteiger partial charge in [0.05, 0.1) is 18.4 Å². The lowest BCUT2D eigenvalue weighted by Crippen LogP contribution is -2.44. The number of methoxy groups -OCH3 is 1. The van der Waals surface area contributed by atoms with Gasteiger partial charge in [-0.1, -0.05) is 12.6 Å². The molecule has 3 rings (SSSR count). The van der Waals surface area contributed by atoms with E-state index >= 15 is 0 Å². The first-order chi connectivity index (χ1) is 14.7. The minimum absolute atomic E-state index is 0.162. The van der Waals surface area contributed by atoms with Crippen LogP contribution in [0.1, 0.15) is 29.7 Å². The summed E-state index contributed by atoms with van der Waals surface area (Å²) in [5.74, 6) is -3.61. The number of allylic oxidation sites excluding steroid dienone is 1. The molecule has 0 saturated carbocycles. The van der Waals surface area contributed by atoms with Gasteiger partial charge in [-0.2, -0.15) is 0 Å². The normalized spacial score (nSPS) is 15.1. The van der Waals surface area contributed by atoms with Gasteiger partial charge in [0.25, 0.3) is 0 Å². The van der Waals surface area contributed by atoms with Crippen molar-refractivity contribution >= 4 is 12.1 Å². The molecule has 1 heterocycles. The van der Waals surface area contributed by atoms with E-state index in [4.69, 9.17) is 14.2 Å². The van der Waals surface area contributed by atoms with Crippen molar-refractivity contribution in [2.45, 2.75) is 26.0 Å². The number of nitrogens with zero attached hydrogens (tertiary/aromatic N) is 1. The maximum absolute atomic E-state index is 13.8. The number of hydrogen-bond acceptors (Lipinski definition) is 5. The van der Waals surface area contributed by atoms with Crippen molar-refractivity contribution in [2.24, 2.45) is 0 Å². The fourth-order valence-corrected chi connectivity index (χ4v) is 3.32. The third-order valence-electron chi connectivity index (χ3n) is 4.79. The molecule has 0 saturated heterocycles. The van der Waals surface area contributed by atoms with Gasteiger partial charge in [0.15, 0.2) is 17.7 Å². The zero-order valence-corrected chi connectivity index (χ0v) is 16.9. The molecule has 0 radical (unpaired) electrons. The van der Waals surface area contributed by atoms with E-state index in [9.17, 15) is 22.8 Å². The average Bonchev–Trinajstić information content (AvgIpc) is 2.74. The van der Waals surface area contributed by atoms with Crippen LogP contribution in [0, 0.1) is 17.5 Å². The Labute approximate surface area is 176 Å². The topological polar surface area (TPSA) is 65.1 Å². The largest absolute Gasteiger partial charge is 0.489 e. The number of carbonyl (C=O) groups is 2. The van der Waals surface area contributed by atoms with Gasteiger partial charge < -0.3 is 14.2 Å². The molecule has 1 aliphatic rings. The van der Waals surface area contributed by atoms with Crippen molar-refractivity contribution < 1.29 is 37.0 Å². The summed E-state index contributed by atoms with van der Waals surface area (Å²) >= 11 is 0. The number of amides is 1. The number of fused-ring (bicyclic) bond motifs is 1. The second-order valence-corrected chi connectivity index (χ2v) is 6.91. The van der Waals surface area contributed by atoms with Gasteiger partial charge in [0.2, 0.25) is 0 Å². The molecule has 164 valence electrons. The van der Waals surface area contributed by atoms with E-state index in [0.29, 0.717) is 23.6 Å². The lowest BCUT2D eigenvalue weighted by Gasteiger charge is -2.34. The number of esters is 1. The first kappa shape index (κ1) is 22.2.